The van der Waals surface area contributed by atoms with Gasteiger partial charge in [0.25, 0.3) is 5.89 Å². The molecule has 2 rings (SSSR count). The Morgan fingerprint density at radius 1 is 1.64 bits per heavy atom. The Morgan fingerprint density at radius 3 is 2.93 bits per heavy atom. The van der Waals surface area contributed by atoms with Crippen molar-refractivity contribution in [3.8, 4) is 10.8 Å². The minimum absolute atomic E-state index is 0.269. The molecule has 0 saturated heterocycles. The van der Waals surface area contributed by atoms with E-state index in [1.165, 1.54) is 11.3 Å². The predicted octanol–water partition coefficient (Wildman–Crippen LogP) is 2.22. The van der Waals surface area contributed by atoms with Crippen molar-refractivity contribution in [3.05, 3.63) is 21.8 Å². The van der Waals surface area contributed by atoms with E-state index < -0.39 is 0 Å². The van der Waals surface area contributed by atoms with Gasteiger partial charge in [-0.05, 0) is 17.9 Å². The topological polar surface area (TPSA) is 64.9 Å². The first-order valence-corrected chi connectivity index (χ1v) is 5.24. The molecule has 0 aliphatic heterocycles. The van der Waals surface area contributed by atoms with E-state index >= 15 is 0 Å². The zero-order chi connectivity index (χ0) is 10.1. The largest absolute Gasteiger partial charge is 0.333 e. The highest BCUT2D eigenvalue weighted by Gasteiger charge is 2.14. The first-order chi connectivity index (χ1) is 6.72. The van der Waals surface area contributed by atoms with E-state index in [-0.39, 0.29) is 6.54 Å². The van der Waals surface area contributed by atoms with Crippen LogP contribution in [0.5, 0.6) is 0 Å². The minimum Gasteiger partial charge on any atom is -0.333 e. The molecule has 2 N–H and O–H groups in total. The number of hydrogen-bond donors (Lipinski definition) is 1. The molecular weight excluding hydrogens is 222 g/mol. The molecule has 2 aromatic heterocycles. The molecule has 2 heterocycles. The second kappa shape index (κ2) is 3.68. The van der Waals surface area contributed by atoms with Crippen LogP contribution in [0.2, 0.25) is 5.02 Å². The van der Waals surface area contributed by atoms with Gasteiger partial charge in [-0.15, -0.1) is 11.3 Å². The van der Waals surface area contributed by atoms with Crippen LogP contribution < -0.4 is 5.73 Å². The number of thiophene rings is 1. The molecule has 0 amide bonds. The summed E-state index contributed by atoms with van der Waals surface area (Å²) in [6.45, 7) is 2.20. The molecule has 2 aromatic rings. The molecule has 0 bridgehead atoms. The molecule has 0 saturated carbocycles. The van der Waals surface area contributed by atoms with Gasteiger partial charge in [0.05, 0.1) is 11.6 Å². The lowest BCUT2D eigenvalue weighted by Gasteiger charge is -1.89. The van der Waals surface area contributed by atoms with Crippen molar-refractivity contribution in [1.29, 1.82) is 0 Å². The summed E-state index contributed by atoms with van der Waals surface area (Å²) in [4.78, 5) is 4.90. The van der Waals surface area contributed by atoms with Gasteiger partial charge in [0.15, 0.2) is 5.82 Å². The number of hydrogen-bond acceptors (Lipinski definition) is 5. The summed E-state index contributed by atoms with van der Waals surface area (Å²) in [5, 5.41) is 6.32. The molecule has 0 aromatic carbocycles. The second-order valence-electron chi connectivity index (χ2n) is 2.78. The normalized spacial score (nSPS) is 10.8. The van der Waals surface area contributed by atoms with Gasteiger partial charge in [-0.2, -0.15) is 4.98 Å². The first-order valence-electron chi connectivity index (χ1n) is 3.99. The molecule has 74 valence electrons. The van der Waals surface area contributed by atoms with Crippen LogP contribution in [0.4, 0.5) is 0 Å². The Balaban J connectivity index is 2.44. The lowest BCUT2D eigenvalue weighted by molar-refractivity contribution is 0.423. The Hall–Kier alpha value is -0.910. The third-order valence-corrected chi connectivity index (χ3v) is 3.43. The van der Waals surface area contributed by atoms with Gasteiger partial charge in [0.1, 0.15) is 4.88 Å². The summed E-state index contributed by atoms with van der Waals surface area (Å²) in [5.41, 5.74) is 6.38. The molecule has 4 nitrogen and oxygen atoms in total. The molecule has 0 aliphatic carbocycles. The van der Waals surface area contributed by atoms with E-state index in [2.05, 4.69) is 10.1 Å². The zero-order valence-electron chi connectivity index (χ0n) is 7.45. The van der Waals surface area contributed by atoms with Crippen molar-refractivity contribution < 1.29 is 4.52 Å². The van der Waals surface area contributed by atoms with Crippen LogP contribution >= 0.6 is 22.9 Å². The summed E-state index contributed by atoms with van der Waals surface area (Å²) >= 11 is 7.53. The van der Waals surface area contributed by atoms with Crippen LogP contribution in [-0.4, -0.2) is 10.1 Å². The first kappa shape index (κ1) is 9.64. The maximum atomic E-state index is 6.05. The summed E-state index contributed by atoms with van der Waals surface area (Å²) in [6, 6.07) is 0. The summed E-state index contributed by atoms with van der Waals surface area (Å²) in [7, 11) is 0. The third kappa shape index (κ3) is 1.54. The Labute approximate surface area is 89.7 Å². The van der Waals surface area contributed by atoms with Gasteiger partial charge in [0.2, 0.25) is 0 Å². The fraction of sp³-hybridized carbons (Fsp3) is 0.250. The highest BCUT2D eigenvalue weighted by atomic mass is 35.5. The van der Waals surface area contributed by atoms with Crippen molar-refractivity contribution in [2.75, 3.05) is 0 Å². The van der Waals surface area contributed by atoms with Gasteiger partial charge in [-0.25, -0.2) is 0 Å². The van der Waals surface area contributed by atoms with E-state index in [9.17, 15) is 0 Å². The molecule has 0 unspecified atom stereocenters. The molecule has 0 radical (unpaired) electrons. The molecule has 6 heteroatoms. The number of aromatic nitrogens is 2. The number of rotatable bonds is 2. The molecule has 0 spiro atoms. The number of aryl methyl sites for hydroxylation is 1. The number of halogens is 1. The minimum atomic E-state index is 0.269. The fourth-order valence-corrected chi connectivity index (χ4v) is 2.20. The summed E-state index contributed by atoms with van der Waals surface area (Å²) in [6.07, 6.45) is 0. The molecule has 0 atom stereocenters. The van der Waals surface area contributed by atoms with Gasteiger partial charge >= 0.3 is 0 Å². The summed E-state index contributed by atoms with van der Waals surface area (Å²) < 4.78 is 5.02. The fourth-order valence-electron chi connectivity index (χ4n) is 1.00. The lowest BCUT2D eigenvalue weighted by Crippen LogP contribution is -1.97. The second-order valence-corrected chi connectivity index (χ2v) is 4.04. The molecule has 0 aliphatic rings. The highest BCUT2D eigenvalue weighted by molar-refractivity contribution is 7.14. The van der Waals surface area contributed by atoms with Crippen molar-refractivity contribution in [3.63, 3.8) is 0 Å². The average Bonchev–Trinajstić information content (AvgIpc) is 2.75. The molecule has 0 fully saturated rings. The number of nitrogens with zero attached hydrogens (tertiary/aromatic N) is 2. The van der Waals surface area contributed by atoms with Gasteiger partial charge in [0, 0.05) is 0 Å². The van der Waals surface area contributed by atoms with Gasteiger partial charge in [-0.3, -0.25) is 0 Å². The predicted molar refractivity (Wildman–Crippen MR) is 55.2 cm³/mol. The Bertz CT molecular complexity index is 451. The number of nitrogens with two attached hydrogens (primary N) is 1. The zero-order valence-corrected chi connectivity index (χ0v) is 9.02. The van der Waals surface area contributed by atoms with E-state index in [1.807, 2.05) is 12.3 Å². The maximum absolute atomic E-state index is 6.05. The smallest absolute Gasteiger partial charge is 0.269 e. The van der Waals surface area contributed by atoms with Crippen molar-refractivity contribution in [1.82, 2.24) is 10.1 Å². The Morgan fingerprint density at radius 2 is 2.43 bits per heavy atom. The average molecular weight is 230 g/mol. The van der Waals surface area contributed by atoms with E-state index in [1.54, 1.807) is 0 Å². The molecular formula is C8H8ClN3OS. The van der Waals surface area contributed by atoms with E-state index in [0.29, 0.717) is 16.7 Å². The van der Waals surface area contributed by atoms with Crippen LogP contribution in [0.1, 0.15) is 11.4 Å². The van der Waals surface area contributed by atoms with Gasteiger partial charge in [-0.1, -0.05) is 16.8 Å². The third-order valence-electron chi connectivity index (χ3n) is 1.74. The van der Waals surface area contributed by atoms with Crippen LogP contribution in [0, 0.1) is 6.92 Å². The van der Waals surface area contributed by atoms with Crippen molar-refractivity contribution in [2.45, 2.75) is 13.5 Å². The van der Waals surface area contributed by atoms with Crippen LogP contribution in [0.25, 0.3) is 10.8 Å². The summed E-state index contributed by atoms with van der Waals surface area (Å²) in [5.74, 6) is 0.927. The SMILES string of the molecule is Cc1csc(-c2nc(CN)no2)c1Cl. The quantitative estimate of drug-likeness (QED) is 0.858. The van der Waals surface area contributed by atoms with Crippen LogP contribution in [-0.2, 0) is 6.54 Å². The maximum Gasteiger partial charge on any atom is 0.269 e. The highest BCUT2D eigenvalue weighted by Crippen LogP contribution is 2.35. The van der Waals surface area contributed by atoms with Crippen molar-refractivity contribution in [2.24, 2.45) is 5.73 Å². The standard InChI is InChI=1S/C8H8ClN3OS/c1-4-3-14-7(6(4)9)8-11-5(2-10)12-13-8/h3H,2,10H2,1H3. The van der Waals surface area contributed by atoms with Crippen LogP contribution in [0.15, 0.2) is 9.90 Å². The van der Waals surface area contributed by atoms with Gasteiger partial charge < -0.3 is 10.3 Å². The van der Waals surface area contributed by atoms with E-state index in [0.717, 1.165) is 10.4 Å². The lowest BCUT2D eigenvalue weighted by atomic mass is 10.3. The van der Waals surface area contributed by atoms with E-state index in [4.69, 9.17) is 21.9 Å². The van der Waals surface area contributed by atoms with Crippen LogP contribution in [0.3, 0.4) is 0 Å². The molecule has 14 heavy (non-hydrogen) atoms. The van der Waals surface area contributed by atoms with Crippen molar-refractivity contribution >= 4 is 22.9 Å². The monoisotopic (exact) mass is 229 g/mol. The Kier molecular flexibility index (Phi) is 2.54.